The summed E-state index contributed by atoms with van der Waals surface area (Å²) >= 11 is 0. The maximum Gasteiger partial charge on any atom is 0.128 e. The summed E-state index contributed by atoms with van der Waals surface area (Å²) in [5.41, 5.74) is 4.23. The molecule has 4 nitrogen and oxygen atoms in total. The van der Waals surface area contributed by atoms with E-state index in [1.165, 1.54) is 11.1 Å². The summed E-state index contributed by atoms with van der Waals surface area (Å²) in [5, 5.41) is 23.0. The van der Waals surface area contributed by atoms with Gasteiger partial charge in [-0.3, -0.25) is 0 Å². The van der Waals surface area contributed by atoms with Crippen molar-refractivity contribution in [1.29, 1.82) is 0 Å². The Morgan fingerprint density at radius 2 is 1.03 bits per heavy atom. The second-order valence-corrected chi connectivity index (χ2v) is 7.47. The van der Waals surface area contributed by atoms with E-state index in [-0.39, 0.29) is 26.4 Å². The van der Waals surface area contributed by atoms with Crippen LogP contribution in [0.4, 0.5) is 0 Å². The molecular weight excluding hydrogens is 376 g/mol. The molecule has 0 saturated carbocycles. The molecular formula is C26H26O4. The topological polar surface area (TPSA) is 58.9 Å². The standard InChI is InChI=1S/C26H26O4/c1-17-3-7-21-19(15-17)5-9-23(29-13-11-27)25(21)26-22-8-4-18(2)16-20(22)6-10-24(26)30-14-12-28/h3-10,15-16,27-28H,11-14H2,1-2H3. The van der Waals surface area contributed by atoms with Gasteiger partial charge in [0.05, 0.1) is 13.2 Å². The van der Waals surface area contributed by atoms with Crippen molar-refractivity contribution in [1.82, 2.24) is 0 Å². The molecule has 0 aliphatic carbocycles. The quantitative estimate of drug-likeness (QED) is 0.456. The molecule has 0 amide bonds. The molecule has 2 N–H and O–H groups in total. The number of fused-ring (bicyclic) bond motifs is 2. The van der Waals surface area contributed by atoms with Gasteiger partial charge >= 0.3 is 0 Å². The molecule has 154 valence electrons. The zero-order valence-corrected chi connectivity index (χ0v) is 17.3. The van der Waals surface area contributed by atoms with Crippen molar-refractivity contribution in [2.24, 2.45) is 0 Å². The highest BCUT2D eigenvalue weighted by Crippen LogP contribution is 2.45. The van der Waals surface area contributed by atoms with E-state index >= 15 is 0 Å². The third-order valence-electron chi connectivity index (χ3n) is 5.22. The molecule has 0 bridgehead atoms. The second-order valence-electron chi connectivity index (χ2n) is 7.47. The van der Waals surface area contributed by atoms with E-state index in [0.717, 1.165) is 32.7 Å². The van der Waals surface area contributed by atoms with Crippen molar-refractivity contribution in [3.63, 3.8) is 0 Å². The zero-order chi connectivity index (χ0) is 21.1. The van der Waals surface area contributed by atoms with Gasteiger partial charge in [0.1, 0.15) is 24.7 Å². The van der Waals surface area contributed by atoms with E-state index in [4.69, 9.17) is 9.47 Å². The van der Waals surface area contributed by atoms with Crippen molar-refractivity contribution in [2.45, 2.75) is 13.8 Å². The van der Waals surface area contributed by atoms with E-state index in [0.29, 0.717) is 11.5 Å². The van der Waals surface area contributed by atoms with Crippen molar-refractivity contribution in [3.8, 4) is 22.6 Å². The van der Waals surface area contributed by atoms with Crippen LogP contribution in [0.1, 0.15) is 11.1 Å². The monoisotopic (exact) mass is 402 g/mol. The van der Waals surface area contributed by atoms with Gasteiger partial charge in [-0.25, -0.2) is 0 Å². The molecule has 0 atom stereocenters. The minimum absolute atomic E-state index is 0.0615. The van der Waals surface area contributed by atoms with E-state index in [1.54, 1.807) is 0 Å². The number of ether oxygens (including phenoxy) is 2. The SMILES string of the molecule is Cc1ccc2c(-c3c(OCCO)ccc4cc(C)ccc34)c(OCCO)ccc2c1. The van der Waals surface area contributed by atoms with Crippen LogP contribution in [-0.4, -0.2) is 36.6 Å². The molecule has 0 saturated heterocycles. The number of rotatable bonds is 7. The lowest BCUT2D eigenvalue weighted by molar-refractivity contribution is 0.200. The van der Waals surface area contributed by atoms with Crippen molar-refractivity contribution in [2.75, 3.05) is 26.4 Å². The molecule has 0 aliphatic heterocycles. The van der Waals surface area contributed by atoms with E-state index in [1.807, 2.05) is 24.3 Å². The van der Waals surface area contributed by atoms with Crippen LogP contribution in [0.2, 0.25) is 0 Å². The fourth-order valence-electron chi connectivity index (χ4n) is 3.93. The summed E-state index contributed by atoms with van der Waals surface area (Å²) in [6.07, 6.45) is 0. The summed E-state index contributed by atoms with van der Waals surface area (Å²) in [4.78, 5) is 0. The Balaban J connectivity index is 2.09. The Bertz CT molecular complexity index is 1100. The van der Waals surface area contributed by atoms with Gasteiger partial charge in [0.15, 0.2) is 0 Å². The molecule has 0 unspecified atom stereocenters. The normalized spacial score (nSPS) is 11.2. The van der Waals surface area contributed by atoms with Gasteiger partial charge in [-0.15, -0.1) is 0 Å². The highest BCUT2D eigenvalue weighted by molar-refractivity contribution is 6.10. The largest absolute Gasteiger partial charge is 0.491 e. The van der Waals surface area contributed by atoms with Gasteiger partial charge in [-0.2, -0.15) is 0 Å². The Morgan fingerprint density at radius 3 is 1.43 bits per heavy atom. The second kappa shape index (κ2) is 8.74. The van der Waals surface area contributed by atoms with Crippen LogP contribution in [0.15, 0.2) is 60.7 Å². The van der Waals surface area contributed by atoms with Gasteiger partial charge in [-0.1, -0.05) is 59.7 Å². The molecule has 30 heavy (non-hydrogen) atoms. The molecule has 0 aliphatic rings. The van der Waals surface area contributed by atoms with Gasteiger partial charge < -0.3 is 19.7 Å². The fraction of sp³-hybridized carbons (Fsp3) is 0.231. The molecule has 0 heterocycles. The van der Waals surface area contributed by atoms with Crippen molar-refractivity contribution in [3.05, 3.63) is 71.8 Å². The Labute approximate surface area is 176 Å². The molecule has 4 aromatic rings. The fourth-order valence-corrected chi connectivity index (χ4v) is 3.93. The number of aliphatic hydroxyl groups is 2. The zero-order valence-electron chi connectivity index (χ0n) is 17.3. The maximum atomic E-state index is 9.33. The first-order valence-corrected chi connectivity index (χ1v) is 10.2. The van der Waals surface area contributed by atoms with Gasteiger partial charge in [0, 0.05) is 11.1 Å². The molecule has 0 radical (unpaired) electrons. The Morgan fingerprint density at radius 1 is 0.600 bits per heavy atom. The van der Waals surface area contributed by atoms with Crippen LogP contribution in [-0.2, 0) is 0 Å². The van der Waals surface area contributed by atoms with E-state index in [9.17, 15) is 10.2 Å². The number of hydrogen-bond donors (Lipinski definition) is 2. The average Bonchev–Trinajstić information content (AvgIpc) is 2.75. The molecule has 4 heteroatoms. The highest BCUT2D eigenvalue weighted by Gasteiger charge is 2.19. The number of aliphatic hydroxyl groups excluding tert-OH is 2. The maximum absolute atomic E-state index is 9.33. The number of hydrogen-bond acceptors (Lipinski definition) is 4. The van der Waals surface area contributed by atoms with Crippen LogP contribution in [0.3, 0.4) is 0 Å². The first-order valence-electron chi connectivity index (χ1n) is 10.2. The first kappa shape index (κ1) is 20.2. The van der Waals surface area contributed by atoms with Crippen LogP contribution >= 0.6 is 0 Å². The lowest BCUT2D eigenvalue weighted by Crippen LogP contribution is -2.05. The third-order valence-corrected chi connectivity index (χ3v) is 5.22. The lowest BCUT2D eigenvalue weighted by Gasteiger charge is -2.19. The summed E-state index contributed by atoms with van der Waals surface area (Å²) in [6.45, 7) is 4.45. The Hall–Kier alpha value is -3.08. The summed E-state index contributed by atoms with van der Waals surface area (Å²) in [6, 6.07) is 20.7. The molecule has 4 rings (SSSR count). The Kier molecular flexibility index (Phi) is 5.88. The van der Waals surface area contributed by atoms with Crippen molar-refractivity contribution < 1.29 is 19.7 Å². The van der Waals surface area contributed by atoms with Crippen molar-refractivity contribution >= 4 is 21.5 Å². The first-order chi connectivity index (χ1) is 14.6. The van der Waals surface area contributed by atoms with E-state index in [2.05, 4.69) is 50.2 Å². The minimum Gasteiger partial charge on any atom is -0.491 e. The molecule has 0 fully saturated rings. The predicted octanol–water partition coefficient (Wildman–Crippen LogP) is 5.02. The van der Waals surface area contributed by atoms with Crippen LogP contribution in [0, 0.1) is 13.8 Å². The average molecular weight is 402 g/mol. The minimum atomic E-state index is -0.0615. The van der Waals surface area contributed by atoms with E-state index < -0.39 is 0 Å². The van der Waals surface area contributed by atoms with Crippen LogP contribution < -0.4 is 9.47 Å². The van der Waals surface area contributed by atoms with Gasteiger partial charge in [0.25, 0.3) is 0 Å². The van der Waals surface area contributed by atoms with Gasteiger partial charge in [-0.05, 0) is 47.5 Å². The highest BCUT2D eigenvalue weighted by atomic mass is 16.5. The predicted molar refractivity (Wildman–Crippen MR) is 122 cm³/mol. The smallest absolute Gasteiger partial charge is 0.128 e. The van der Waals surface area contributed by atoms with Crippen LogP contribution in [0.5, 0.6) is 11.5 Å². The molecule has 0 aromatic heterocycles. The summed E-state index contributed by atoms with van der Waals surface area (Å²) < 4.78 is 11.9. The molecule has 0 spiro atoms. The van der Waals surface area contributed by atoms with Gasteiger partial charge in [0.2, 0.25) is 0 Å². The third kappa shape index (κ3) is 3.84. The number of benzene rings is 4. The molecule has 4 aromatic carbocycles. The lowest BCUT2D eigenvalue weighted by atomic mass is 9.91. The summed E-state index contributed by atoms with van der Waals surface area (Å²) in [5.74, 6) is 1.39. The van der Waals surface area contributed by atoms with Crippen LogP contribution in [0.25, 0.3) is 32.7 Å². The summed E-state index contributed by atoms with van der Waals surface area (Å²) in [7, 11) is 0. The number of aryl methyl sites for hydroxylation is 2.